The Morgan fingerprint density at radius 1 is 1.17 bits per heavy atom. The number of hydrogen-bond donors (Lipinski definition) is 2. The second kappa shape index (κ2) is 7.21. The Balaban J connectivity index is 0.00000121. The van der Waals surface area contributed by atoms with E-state index in [0.717, 1.165) is 5.56 Å². The molecule has 0 saturated heterocycles. The molecule has 1 aromatic rings. The van der Waals surface area contributed by atoms with Gasteiger partial charge in [0.15, 0.2) is 0 Å². The molecule has 1 unspecified atom stereocenters. The van der Waals surface area contributed by atoms with Crippen molar-refractivity contribution in [1.29, 1.82) is 0 Å². The van der Waals surface area contributed by atoms with Crippen LogP contribution in [-0.4, -0.2) is 68.2 Å². The Morgan fingerprint density at radius 2 is 1.75 bits per heavy atom. The molecule has 3 heteroatoms. The molecule has 1 atom stereocenters. The molecule has 0 fully saturated rings. The molecule has 0 aromatic heterocycles. The minimum absolute atomic E-state index is 0. The monoisotopic (exact) mass is 192 g/mol. The molecule has 2 N–H and O–H groups in total. The van der Waals surface area contributed by atoms with E-state index in [1.807, 2.05) is 30.3 Å². The van der Waals surface area contributed by atoms with Gasteiger partial charge in [-0.3, -0.25) is 0 Å². The summed E-state index contributed by atoms with van der Waals surface area (Å²) in [5.74, 6) is 0. The fraction of sp³-hybridized carbons (Fsp3) is 0.333. The summed E-state index contributed by atoms with van der Waals surface area (Å²) in [4.78, 5) is 0. The summed E-state index contributed by atoms with van der Waals surface area (Å²) in [7, 11) is 0. The minimum atomic E-state index is -0.527. The quantitative estimate of drug-likeness (QED) is 0.683. The predicted octanol–water partition coefficient (Wildman–Crippen LogP) is 0.454. The molecule has 62 valence electrons. The van der Waals surface area contributed by atoms with E-state index in [4.69, 9.17) is 5.11 Å². The molecule has 0 amide bonds. The Hall–Kier alpha value is 0.776. The van der Waals surface area contributed by atoms with Gasteiger partial charge in [0.25, 0.3) is 0 Å². The van der Waals surface area contributed by atoms with E-state index >= 15 is 0 Å². The Morgan fingerprint density at radius 3 is 2.25 bits per heavy atom. The number of benzene rings is 1. The van der Waals surface area contributed by atoms with Crippen LogP contribution in [0.2, 0.25) is 0 Å². The normalized spacial score (nSPS) is 11.8. The first-order valence-corrected chi connectivity index (χ1v) is 3.68. The summed E-state index contributed by atoms with van der Waals surface area (Å²) >= 11 is 0. The molecular weight excluding hydrogens is 179 g/mol. The number of hydrogen-bond acceptors (Lipinski definition) is 2. The van der Waals surface area contributed by atoms with Crippen molar-refractivity contribution in [3.63, 3.8) is 0 Å². The Kier molecular flexibility index (Phi) is 7.67. The molecule has 0 aliphatic rings. The maximum absolute atomic E-state index is 9.36. The van der Waals surface area contributed by atoms with Crippen LogP contribution in [0.25, 0.3) is 0 Å². The molecule has 1 rings (SSSR count). The van der Waals surface area contributed by atoms with Crippen LogP contribution in [0.4, 0.5) is 0 Å². The van der Waals surface area contributed by atoms with Gasteiger partial charge in [-0.1, -0.05) is 30.3 Å². The van der Waals surface area contributed by atoms with Gasteiger partial charge < -0.3 is 10.2 Å². The molecular formula is C9H13KO2. The van der Waals surface area contributed by atoms with Crippen molar-refractivity contribution in [2.24, 2.45) is 0 Å². The predicted molar refractivity (Wildman–Crippen MR) is 50.3 cm³/mol. The number of aliphatic hydroxyl groups excluding tert-OH is 2. The van der Waals surface area contributed by atoms with Crippen molar-refractivity contribution in [2.45, 2.75) is 12.5 Å². The molecule has 0 aliphatic carbocycles. The molecule has 0 radical (unpaired) electrons. The van der Waals surface area contributed by atoms with E-state index in [-0.39, 0.29) is 58.0 Å². The van der Waals surface area contributed by atoms with Crippen LogP contribution >= 0.6 is 0 Å². The zero-order valence-corrected chi connectivity index (χ0v) is 6.27. The van der Waals surface area contributed by atoms with E-state index in [0.29, 0.717) is 6.42 Å². The van der Waals surface area contributed by atoms with Crippen molar-refractivity contribution >= 4 is 51.4 Å². The van der Waals surface area contributed by atoms with Crippen LogP contribution in [0.5, 0.6) is 0 Å². The third-order valence-corrected chi connectivity index (χ3v) is 1.59. The van der Waals surface area contributed by atoms with Crippen molar-refractivity contribution in [1.82, 2.24) is 0 Å². The van der Waals surface area contributed by atoms with Gasteiger partial charge in [0, 0.05) is 13.0 Å². The summed E-state index contributed by atoms with van der Waals surface area (Å²) in [5.41, 5.74) is 0.863. The molecule has 12 heavy (non-hydrogen) atoms. The Labute approximate surface area is 115 Å². The molecule has 0 heterocycles. The summed E-state index contributed by atoms with van der Waals surface area (Å²) in [5, 5.41) is 17.9. The maximum atomic E-state index is 9.36. The zero-order valence-electron chi connectivity index (χ0n) is 6.27. The van der Waals surface area contributed by atoms with Gasteiger partial charge in [-0.05, 0) is 5.56 Å². The topological polar surface area (TPSA) is 40.5 Å². The second-order valence-electron chi connectivity index (χ2n) is 2.44. The van der Waals surface area contributed by atoms with Gasteiger partial charge >= 0.3 is 51.4 Å². The van der Waals surface area contributed by atoms with Gasteiger partial charge in [-0.15, -0.1) is 0 Å². The van der Waals surface area contributed by atoms with E-state index in [1.165, 1.54) is 0 Å². The molecule has 0 bridgehead atoms. The van der Waals surface area contributed by atoms with Crippen LogP contribution in [0.15, 0.2) is 30.3 Å². The third kappa shape index (κ3) is 4.14. The van der Waals surface area contributed by atoms with Gasteiger partial charge in [0.05, 0.1) is 6.10 Å². The van der Waals surface area contributed by atoms with Crippen molar-refractivity contribution < 1.29 is 10.2 Å². The summed E-state index contributed by atoms with van der Waals surface area (Å²) < 4.78 is 0. The van der Waals surface area contributed by atoms with Gasteiger partial charge in [0.1, 0.15) is 0 Å². The van der Waals surface area contributed by atoms with Crippen LogP contribution in [-0.2, 0) is 0 Å². The summed E-state index contributed by atoms with van der Waals surface area (Å²) in [6, 6.07) is 9.33. The van der Waals surface area contributed by atoms with Crippen LogP contribution in [0.1, 0.15) is 18.1 Å². The van der Waals surface area contributed by atoms with Crippen LogP contribution < -0.4 is 0 Å². The van der Waals surface area contributed by atoms with E-state index < -0.39 is 6.10 Å². The first-order chi connectivity index (χ1) is 5.34. The second-order valence-corrected chi connectivity index (χ2v) is 2.44. The first-order valence-electron chi connectivity index (χ1n) is 3.68. The summed E-state index contributed by atoms with van der Waals surface area (Å²) in [6.45, 7) is 0.0239. The van der Waals surface area contributed by atoms with Crippen LogP contribution in [0.3, 0.4) is 0 Å². The first kappa shape index (κ1) is 12.8. The standard InChI is InChI=1S/C9H12O2.K.H/c10-7-6-9(11)8-4-2-1-3-5-8;;/h1-5,9-11H,6-7H2;;. The average Bonchev–Trinajstić information content (AvgIpc) is 2.07. The fourth-order valence-corrected chi connectivity index (χ4v) is 0.964. The Bertz CT molecular complexity index is 201. The van der Waals surface area contributed by atoms with Crippen molar-refractivity contribution in [3.8, 4) is 0 Å². The zero-order chi connectivity index (χ0) is 8.10. The van der Waals surface area contributed by atoms with Gasteiger partial charge in [-0.25, -0.2) is 0 Å². The fourth-order valence-electron chi connectivity index (χ4n) is 0.964. The van der Waals surface area contributed by atoms with Crippen molar-refractivity contribution in [3.05, 3.63) is 35.9 Å². The van der Waals surface area contributed by atoms with E-state index in [2.05, 4.69) is 0 Å². The van der Waals surface area contributed by atoms with E-state index in [9.17, 15) is 5.11 Å². The average molecular weight is 192 g/mol. The molecule has 0 aliphatic heterocycles. The van der Waals surface area contributed by atoms with Crippen molar-refractivity contribution in [2.75, 3.05) is 6.61 Å². The molecule has 2 nitrogen and oxygen atoms in total. The molecule has 1 aromatic carbocycles. The van der Waals surface area contributed by atoms with Crippen LogP contribution in [0, 0.1) is 0 Å². The molecule has 0 saturated carbocycles. The van der Waals surface area contributed by atoms with E-state index in [1.54, 1.807) is 0 Å². The number of aliphatic hydroxyl groups is 2. The number of rotatable bonds is 3. The molecule has 0 spiro atoms. The summed E-state index contributed by atoms with van der Waals surface area (Å²) in [6.07, 6.45) is -0.120. The van der Waals surface area contributed by atoms with Gasteiger partial charge in [0.2, 0.25) is 0 Å². The third-order valence-electron chi connectivity index (χ3n) is 1.59. The SMILES string of the molecule is OCCC(O)c1ccccc1.[KH]. The van der Waals surface area contributed by atoms with Gasteiger partial charge in [-0.2, -0.15) is 0 Å².